The van der Waals surface area contributed by atoms with Crippen LogP contribution in [0, 0.1) is 6.92 Å². The summed E-state index contributed by atoms with van der Waals surface area (Å²) in [6, 6.07) is 5.08. The highest BCUT2D eigenvalue weighted by molar-refractivity contribution is 7.16. The van der Waals surface area contributed by atoms with E-state index in [0.717, 1.165) is 15.6 Å². The van der Waals surface area contributed by atoms with Crippen LogP contribution in [-0.4, -0.2) is 29.4 Å². The van der Waals surface area contributed by atoms with Gasteiger partial charge in [-0.2, -0.15) is 9.61 Å². The molecule has 0 amide bonds. The molecule has 0 unspecified atom stereocenters. The Hall–Kier alpha value is -1.81. The number of fused-ring (bicyclic) bond motifs is 1. The number of hydrogen-bond donors (Lipinski definition) is 0. The smallest absolute Gasteiger partial charge is 0.235 e. The second-order valence-electron chi connectivity index (χ2n) is 4.76. The molecule has 0 aliphatic heterocycles. The third-order valence-corrected chi connectivity index (χ3v) is 5.36. The molecule has 0 atom stereocenters. The van der Waals surface area contributed by atoms with Gasteiger partial charge >= 0.3 is 0 Å². The lowest BCUT2D eigenvalue weighted by Gasteiger charge is -2.05. The van der Waals surface area contributed by atoms with Gasteiger partial charge in [-0.25, -0.2) is 0 Å². The zero-order chi connectivity index (χ0) is 16.7. The predicted molar refractivity (Wildman–Crippen MR) is 93.1 cm³/mol. The van der Waals surface area contributed by atoms with Crippen LogP contribution >= 0.6 is 46.1 Å². The van der Waals surface area contributed by atoms with E-state index in [1.165, 1.54) is 22.9 Å². The van der Waals surface area contributed by atoms with Crippen LogP contribution < -0.4 is 4.74 Å². The normalized spacial score (nSPS) is 11.3. The monoisotopic (exact) mass is 398 g/mol. The molecule has 0 aliphatic rings. The zero-order valence-electron chi connectivity index (χ0n) is 12.1. The highest BCUT2D eigenvalue weighted by atomic mass is 35.5. The van der Waals surface area contributed by atoms with Crippen LogP contribution in [0.3, 0.4) is 0 Å². The van der Waals surface area contributed by atoms with E-state index in [-0.39, 0.29) is 6.61 Å². The van der Waals surface area contributed by atoms with Crippen molar-refractivity contribution >= 4 is 51.0 Å². The summed E-state index contributed by atoms with van der Waals surface area (Å²) in [4.78, 5) is 1.53. The number of aromatic nitrogens is 6. The average Bonchev–Trinajstić information content (AvgIpc) is 3.22. The molecular formula is C13H8Cl2N6OS2. The molecule has 4 rings (SSSR count). The summed E-state index contributed by atoms with van der Waals surface area (Å²) in [5.74, 6) is 1.18. The third kappa shape index (κ3) is 2.84. The van der Waals surface area contributed by atoms with Gasteiger partial charge in [-0.3, -0.25) is 0 Å². The van der Waals surface area contributed by atoms with Crippen molar-refractivity contribution < 1.29 is 4.74 Å². The van der Waals surface area contributed by atoms with Crippen LogP contribution in [-0.2, 0) is 6.61 Å². The van der Waals surface area contributed by atoms with E-state index in [0.29, 0.717) is 26.6 Å². The number of benzene rings is 1. The molecule has 0 aliphatic carbocycles. The Bertz CT molecular complexity index is 1030. The lowest BCUT2D eigenvalue weighted by atomic mass is 10.3. The Morgan fingerprint density at radius 3 is 2.83 bits per heavy atom. The van der Waals surface area contributed by atoms with Gasteiger partial charge in [0, 0.05) is 5.02 Å². The number of halogens is 2. The maximum Gasteiger partial charge on any atom is 0.235 e. The van der Waals surface area contributed by atoms with Crippen molar-refractivity contribution in [2.45, 2.75) is 13.5 Å². The highest BCUT2D eigenvalue weighted by Gasteiger charge is 2.18. The van der Waals surface area contributed by atoms with Gasteiger partial charge in [-0.15, -0.1) is 15.3 Å². The van der Waals surface area contributed by atoms with Crippen LogP contribution in [0.25, 0.3) is 15.7 Å². The summed E-state index contributed by atoms with van der Waals surface area (Å²) in [5, 5.41) is 18.6. The van der Waals surface area contributed by atoms with Gasteiger partial charge in [0.15, 0.2) is 10.8 Å². The van der Waals surface area contributed by atoms with Crippen LogP contribution in [0.4, 0.5) is 0 Å². The maximum atomic E-state index is 6.10. The molecule has 0 fully saturated rings. The van der Waals surface area contributed by atoms with Gasteiger partial charge in [0.1, 0.15) is 17.2 Å². The minimum Gasteiger partial charge on any atom is -0.485 e. The van der Waals surface area contributed by atoms with Crippen molar-refractivity contribution in [3.8, 4) is 16.5 Å². The lowest BCUT2D eigenvalue weighted by Crippen LogP contribution is -1.98. The maximum absolute atomic E-state index is 6.10. The van der Waals surface area contributed by atoms with Gasteiger partial charge < -0.3 is 4.74 Å². The quantitative estimate of drug-likeness (QED) is 0.518. The van der Waals surface area contributed by atoms with Crippen LogP contribution in [0.15, 0.2) is 18.2 Å². The first-order valence-electron chi connectivity index (χ1n) is 6.70. The second-order valence-corrected chi connectivity index (χ2v) is 7.40. The molecule has 7 nitrogen and oxygen atoms in total. The summed E-state index contributed by atoms with van der Waals surface area (Å²) in [7, 11) is 0. The van der Waals surface area contributed by atoms with Gasteiger partial charge in [0.25, 0.3) is 0 Å². The SMILES string of the molecule is Cc1nnsc1-c1nnc2sc(COc3ccc(Cl)cc3Cl)nn12. The molecule has 0 bridgehead atoms. The Labute approximate surface area is 154 Å². The van der Waals surface area contributed by atoms with E-state index >= 15 is 0 Å². The molecule has 4 aromatic rings. The predicted octanol–water partition coefficient (Wildman–Crippen LogP) is 3.90. The fraction of sp³-hybridized carbons (Fsp3) is 0.154. The molecule has 0 saturated heterocycles. The average molecular weight is 399 g/mol. The molecule has 3 aromatic heterocycles. The van der Waals surface area contributed by atoms with Gasteiger partial charge in [-0.05, 0) is 36.7 Å². The Morgan fingerprint density at radius 1 is 1.21 bits per heavy atom. The van der Waals surface area contributed by atoms with E-state index in [9.17, 15) is 0 Å². The Balaban J connectivity index is 1.60. The Morgan fingerprint density at radius 2 is 2.08 bits per heavy atom. The fourth-order valence-electron chi connectivity index (χ4n) is 2.02. The van der Waals surface area contributed by atoms with E-state index in [1.807, 2.05) is 6.92 Å². The molecule has 122 valence electrons. The zero-order valence-corrected chi connectivity index (χ0v) is 15.2. The number of ether oxygens (including phenoxy) is 1. The summed E-state index contributed by atoms with van der Waals surface area (Å²) < 4.78 is 11.3. The molecule has 11 heteroatoms. The topological polar surface area (TPSA) is 78.1 Å². The minimum atomic E-state index is 0.273. The van der Waals surface area contributed by atoms with Crippen LogP contribution in [0.2, 0.25) is 10.0 Å². The van der Waals surface area contributed by atoms with E-state index < -0.39 is 0 Å². The molecule has 3 heterocycles. The number of hydrogen-bond acceptors (Lipinski definition) is 8. The largest absolute Gasteiger partial charge is 0.485 e. The van der Waals surface area contributed by atoms with Crippen molar-refractivity contribution in [2.75, 3.05) is 0 Å². The fourth-order valence-corrected chi connectivity index (χ4v) is 3.86. The molecule has 0 N–H and O–H groups in total. The van der Waals surface area contributed by atoms with E-state index in [4.69, 9.17) is 27.9 Å². The molecular weight excluding hydrogens is 391 g/mol. The minimum absolute atomic E-state index is 0.273. The van der Waals surface area contributed by atoms with Crippen molar-refractivity contribution in [1.82, 2.24) is 29.4 Å². The number of rotatable bonds is 4. The van der Waals surface area contributed by atoms with Crippen molar-refractivity contribution in [3.63, 3.8) is 0 Å². The summed E-state index contributed by atoms with van der Waals surface area (Å²) >= 11 is 14.6. The highest BCUT2D eigenvalue weighted by Crippen LogP contribution is 2.29. The number of aryl methyl sites for hydroxylation is 1. The molecule has 0 saturated carbocycles. The van der Waals surface area contributed by atoms with Crippen molar-refractivity contribution in [1.29, 1.82) is 0 Å². The summed E-state index contributed by atoms with van der Waals surface area (Å²) in [6.45, 7) is 2.15. The van der Waals surface area contributed by atoms with Crippen molar-refractivity contribution in [3.05, 3.63) is 38.9 Å². The molecule has 1 aromatic carbocycles. The second kappa shape index (κ2) is 6.25. The van der Waals surface area contributed by atoms with Crippen LogP contribution in [0.5, 0.6) is 5.75 Å². The number of nitrogens with zero attached hydrogens (tertiary/aromatic N) is 6. The summed E-state index contributed by atoms with van der Waals surface area (Å²) in [6.07, 6.45) is 0. The summed E-state index contributed by atoms with van der Waals surface area (Å²) in [5.41, 5.74) is 0.799. The van der Waals surface area contributed by atoms with Crippen LogP contribution in [0.1, 0.15) is 10.7 Å². The standard InChI is InChI=1S/C13H8Cl2N6OS2/c1-6-11(24-20-16-6)12-17-18-13-21(12)19-10(23-13)5-22-9-3-2-7(14)4-8(9)15/h2-4H,5H2,1H3. The molecule has 0 spiro atoms. The van der Waals surface area contributed by atoms with Gasteiger partial charge in [0.05, 0.1) is 10.7 Å². The van der Waals surface area contributed by atoms with E-state index in [1.54, 1.807) is 22.7 Å². The molecule has 24 heavy (non-hydrogen) atoms. The first kappa shape index (κ1) is 15.7. The molecule has 0 radical (unpaired) electrons. The van der Waals surface area contributed by atoms with Gasteiger partial charge in [0.2, 0.25) is 4.96 Å². The lowest BCUT2D eigenvalue weighted by molar-refractivity contribution is 0.304. The first-order valence-corrected chi connectivity index (χ1v) is 9.04. The Kier molecular flexibility index (Phi) is 4.09. The van der Waals surface area contributed by atoms with Crippen molar-refractivity contribution in [2.24, 2.45) is 0 Å². The first-order chi connectivity index (χ1) is 11.6. The van der Waals surface area contributed by atoms with E-state index in [2.05, 4.69) is 24.9 Å². The third-order valence-electron chi connectivity index (χ3n) is 3.13. The van der Waals surface area contributed by atoms with Gasteiger partial charge in [-0.1, -0.05) is 39.0 Å².